The Balaban J connectivity index is 0.00000625. The van der Waals surface area contributed by atoms with Gasteiger partial charge >= 0.3 is 0 Å². The molecule has 0 saturated heterocycles. The number of ether oxygens (including phenoxy) is 2. The SMILES string of the molecule is CCS(=O)(=O)NCCNC(=NC)N(C)Cc1ccc(OC)cc1OC.I. The van der Waals surface area contributed by atoms with E-state index in [0.717, 1.165) is 17.1 Å². The van der Waals surface area contributed by atoms with Gasteiger partial charge in [0.05, 0.1) is 20.0 Å². The molecular weight excluding hydrogens is 471 g/mol. The van der Waals surface area contributed by atoms with E-state index in [2.05, 4.69) is 15.0 Å². The smallest absolute Gasteiger partial charge is 0.211 e. The van der Waals surface area contributed by atoms with Crippen molar-refractivity contribution in [1.82, 2.24) is 14.9 Å². The first-order valence-corrected chi connectivity index (χ1v) is 9.62. The largest absolute Gasteiger partial charge is 0.497 e. The van der Waals surface area contributed by atoms with Crippen molar-refractivity contribution in [2.75, 3.05) is 47.2 Å². The van der Waals surface area contributed by atoms with Crippen LogP contribution in [-0.2, 0) is 16.6 Å². The van der Waals surface area contributed by atoms with Crippen LogP contribution in [0.25, 0.3) is 0 Å². The summed E-state index contributed by atoms with van der Waals surface area (Å²) in [7, 11) is 3.62. The topological polar surface area (TPSA) is 92.3 Å². The minimum atomic E-state index is -3.18. The van der Waals surface area contributed by atoms with Crippen molar-refractivity contribution >= 4 is 40.0 Å². The summed E-state index contributed by atoms with van der Waals surface area (Å²) in [6, 6.07) is 5.65. The highest BCUT2D eigenvalue weighted by molar-refractivity contribution is 14.0. The van der Waals surface area contributed by atoms with Gasteiger partial charge in [-0.3, -0.25) is 4.99 Å². The molecule has 8 nitrogen and oxygen atoms in total. The third-order valence-corrected chi connectivity index (χ3v) is 4.99. The summed E-state index contributed by atoms with van der Waals surface area (Å²) in [6.45, 7) is 2.92. The van der Waals surface area contributed by atoms with Crippen LogP contribution >= 0.6 is 24.0 Å². The summed E-state index contributed by atoms with van der Waals surface area (Å²) < 4.78 is 35.9. The molecular formula is C16H29IN4O4S. The zero-order valence-electron chi connectivity index (χ0n) is 15.9. The molecule has 0 atom stereocenters. The van der Waals surface area contributed by atoms with Crippen LogP contribution in [0.5, 0.6) is 11.5 Å². The zero-order chi connectivity index (χ0) is 18.9. The van der Waals surface area contributed by atoms with E-state index in [9.17, 15) is 8.42 Å². The quantitative estimate of drug-likeness (QED) is 0.230. The number of hydrogen-bond acceptors (Lipinski definition) is 5. The average Bonchev–Trinajstić information content (AvgIpc) is 2.61. The van der Waals surface area contributed by atoms with Crippen LogP contribution in [0.2, 0.25) is 0 Å². The fraction of sp³-hybridized carbons (Fsp3) is 0.562. The van der Waals surface area contributed by atoms with E-state index in [1.165, 1.54) is 0 Å². The van der Waals surface area contributed by atoms with Gasteiger partial charge in [-0.1, -0.05) is 0 Å². The maximum Gasteiger partial charge on any atom is 0.211 e. The van der Waals surface area contributed by atoms with Gasteiger partial charge in [0.2, 0.25) is 10.0 Å². The predicted octanol–water partition coefficient (Wildman–Crippen LogP) is 1.27. The molecule has 0 aliphatic rings. The predicted molar refractivity (Wildman–Crippen MR) is 115 cm³/mol. The van der Waals surface area contributed by atoms with Gasteiger partial charge in [-0.2, -0.15) is 0 Å². The molecule has 1 aromatic carbocycles. The lowest BCUT2D eigenvalue weighted by Crippen LogP contribution is -2.42. The standard InChI is InChI=1S/C16H28N4O4S.HI/c1-6-25(21,22)19-10-9-18-16(17-2)20(3)12-13-7-8-14(23-4)11-15(13)24-5;/h7-8,11,19H,6,9-10,12H2,1-5H3,(H,17,18);1H. The van der Waals surface area contributed by atoms with E-state index < -0.39 is 10.0 Å². The van der Waals surface area contributed by atoms with Crippen molar-refractivity contribution in [3.8, 4) is 11.5 Å². The van der Waals surface area contributed by atoms with E-state index >= 15 is 0 Å². The Kier molecular flexibility index (Phi) is 11.6. The normalized spacial score (nSPS) is 11.5. The first-order chi connectivity index (χ1) is 11.9. The first-order valence-electron chi connectivity index (χ1n) is 7.96. The summed E-state index contributed by atoms with van der Waals surface area (Å²) in [5.41, 5.74) is 0.987. The molecule has 2 N–H and O–H groups in total. The summed E-state index contributed by atoms with van der Waals surface area (Å²) in [5, 5.41) is 3.13. The van der Waals surface area contributed by atoms with Crippen LogP contribution in [0.4, 0.5) is 0 Å². The Labute approximate surface area is 173 Å². The maximum absolute atomic E-state index is 11.4. The average molecular weight is 500 g/mol. The molecule has 10 heteroatoms. The highest BCUT2D eigenvalue weighted by Crippen LogP contribution is 2.25. The molecule has 1 aromatic rings. The molecule has 0 aromatic heterocycles. The van der Waals surface area contributed by atoms with E-state index in [-0.39, 0.29) is 29.7 Å². The lowest BCUT2D eigenvalue weighted by atomic mass is 10.2. The third kappa shape index (κ3) is 7.96. The molecule has 1 rings (SSSR count). The summed E-state index contributed by atoms with van der Waals surface area (Å²) in [6.07, 6.45) is 0. The summed E-state index contributed by atoms with van der Waals surface area (Å²) in [4.78, 5) is 6.15. The number of nitrogens with one attached hydrogen (secondary N) is 2. The highest BCUT2D eigenvalue weighted by atomic mass is 127. The van der Waals surface area contributed by atoms with Gasteiger partial charge in [-0.15, -0.1) is 24.0 Å². The number of nitrogens with zero attached hydrogens (tertiary/aromatic N) is 2. The van der Waals surface area contributed by atoms with Crippen molar-refractivity contribution in [2.45, 2.75) is 13.5 Å². The second-order valence-electron chi connectivity index (χ2n) is 5.31. The molecule has 0 spiro atoms. The van der Waals surface area contributed by atoms with E-state index in [4.69, 9.17) is 9.47 Å². The number of guanidine groups is 1. The summed E-state index contributed by atoms with van der Waals surface area (Å²) >= 11 is 0. The van der Waals surface area contributed by atoms with Crippen LogP contribution in [0.3, 0.4) is 0 Å². The van der Waals surface area contributed by atoms with Gasteiger partial charge in [0.1, 0.15) is 11.5 Å². The number of halogens is 1. The zero-order valence-corrected chi connectivity index (χ0v) is 19.1. The van der Waals surface area contributed by atoms with E-state index in [1.807, 2.05) is 30.1 Å². The van der Waals surface area contributed by atoms with Gasteiger partial charge < -0.3 is 19.7 Å². The van der Waals surface area contributed by atoms with Crippen LogP contribution in [0.1, 0.15) is 12.5 Å². The van der Waals surface area contributed by atoms with Crippen molar-refractivity contribution < 1.29 is 17.9 Å². The molecule has 0 amide bonds. The second kappa shape index (κ2) is 12.2. The number of benzene rings is 1. The van der Waals surface area contributed by atoms with Crippen LogP contribution in [0.15, 0.2) is 23.2 Å². The Hall–Kier alpha value is -1.27. The molecule has 150 valence electrons. The molecule has 0 aliphatic carbocycles. The number of hydrogen-bond donors (Lipinski definition) is 2. The fourth-order valence-electron chi connectivity index (χ4n) is 2.18. The Morgan fingerprint density at radius 2 is 1.92 bits per heavy atom. The molecule has 0 heterocycles. The van der Waals surface area contributed by atoms with Crippen LogP contribution in [0, 0.1) is 0 Å². The monoisotopic (exact) mass is 500 g/mol. The van der Waals surface area contributed by atoms with Gasteiger partial charge in [0.15, 0.2) is 5.96 Å². The van der Waals surface area contributed by atoms with Gasteiger partial charge in [0, 0.05) is 45.4 Å². The Morgan fingerprint density at radius 3 is 2.46 bits per heavy atom. The molecule has 0 aliphatic heterocycles. The fourth-order valence-corrected chi connectivity index (χ4v) is 2.80. The van der Waals surface area contributed by atoms with E-state index in [0.29, 0.717) is 25.6 Å². The van der Waals surface area contributed by atoms with Crippen molar-refractivity contribution in [2.24, 2.45) is 4.99 Å². The number of aliphatic imine (C=N–C) groups is 1. The summed E-state index contributed by atoms with van der Waals surface area (Å²) in [5.74, 6) is 2.19. The van der Waals surface area contributed by atoms with Gasteiger partial charge in [-0.25, -0.2) is 13.1 Å². The number of methoxy groups -OCH3 is 2. The molecule has 0 bridgehead atoms. The second-order valence-corrected chi connectivity index (χ2v) is 7.40. The third-order valence-electron chi connectivity index (χ3n) is 3.59. The molecule has 0 saturated carbocycles. The Bertz CT molecular complexity index is 683. The van der Waals surface area contributed by atoms with E-state index in [1.54, 1.807) is 28.2 Å². The minimum Gasteiger partial charge on any atom is -0.497 e. The lowest BCUT2D eigenvalue weighted by Gasteiger charge is -2.23. The molecule has 0 radical (unpaired) electrons. The van der Waals surface area contributed by atoms with Gasteiger partial charge in [-0.05, 0) is 19.1 Å². The lowest BCUT2D eigenvalue weighted by molar-refractivity contribution is 0.382. The van der Waals surface area contributed by atoms with Crippen molar-refractivity contribution in [3.63, 3.8) is 0 Å². The minimum absolute atomic E-state index is 0. The first kappa shape index (κ1) is 24.7. The highest BCUT2D eigenvalue weighted by Gasteiger charge is 2.11. The van der Waals surface area contributed by atoms with Crippen LogP contribution < -0.4 is 19.5 Å². The number of sulfonamides is 1. The molecule has 0 unspecified atom stereocenters. The number of rotatable bonds is 9. The Morgan fingerprint density at radius 1 is 1.23 bits per heavy atom. The van der Waals surface area contributed by atoms with Crippen molar-refractivity contribution in [3.05, 3.63) is 23.8 Å². The molecule has 26 heavy (non-hydrogen) atoms. The molecule has 0 fully saturated rings. The van der Waals surface area contributed by atoms with Crippen LogP contribution in [-0.4, -0.2) is 66.4 Å². The van der Waals surface area contributed by atoms with Gasteiger partial charge in [0.25, 0.3) is 0 Å². The maximum atomic E-state index is 11.4. The van der Waals surface area contributed by atoms with Crippen molar-refractivity contribution in [1.29, 1.82) is 0 Å².